The quantitative estimate of drug-likeness (QED) is 0.0191. The van der Waals surface area contributed by atoms with Crippen molar-refractivity contribution in [3.63, 3.8) is 0 Å². The Bertz CT molecular complexity index is 1090. The fourth-order valence-electron chi connectivity index (χ4n) is 7.55. The molecule has 0 N–H and O–H groups in total. The standard InChI is InChI=1S/C51H96N4O8/c1-8-11-14-21-46(4)47(5)22-16-13-17-40-61-49(7)24-27-53(28-25-50(57)62-41-18-19-42-63-51(58)48(6)23-15-12-9-2)36-45-60-44-35-52(26-20-38-56)29-30-54-31-33-55(34-32-54)37-43-59-39-10-3/h38,46,48H,5,7-37,39-45H2,1-4,6H3. The van der Waals surface area contributed by atoms with Crippen molar-refractivity contribution in [1.29, 1.82) is 0 Å². The number of rotatable bonds is 45. The third-order valence-electron chi connectivity index (χ3n) is 12.2. The molecule has 368 valence electrons. The molecule has 1 heterocycles. The Morgan fingerprint density at radius 3 is 1.78 bits per heavy atom. The van der Waals surface area contributed by atoms with E-state index in [4.69, 9.17) is 23.7 Å². The molecule has 1 rings (SSSR count). The Hall–Kier alpha value is -2.35. The van der Waals surface area contributed by atoms with Crippen LogP contribution in [0, 0.1) is 11.8 Å². The fraction of sp³-hybridized carbons (Fsp3) is 0.863. The summed E-state index contributed by atoms with van der Waals surface area (Å²) in [5.74, 6) is 0.921. The van der Waals surface area contributed by atoms with Crippen molar-refractivity contribution < 1.29 is 38.1 Å². The lowest BCUT2D eigenvalue weighted by atomic mass is 9.92. The summed E-state index contributed by atoms with van der Waals surface area (Å²) in [7, 11) is 0. The molecule has 0 saturated carbocycles. The van der Waals surface area contributed by atoms with Crippen LogP contribution in [0.4, 0.5) is 0 Å². The van der Waals surface area contributed by atoms with Gasteiger partial charge in [0.2, 0.25) is 0 Å². The highest BCUT2D eigenvalue weighted by Crippen LogP contribution is 2.22. The average molecular weight is 893 g/mol. The summed E-state index contributed by atoms with van der Waals surface area (Å²) < 4.78 is 28.8. The minimum Gasteiger partial charge on any atom is -0.499 e. The lowest BCUT2D eigenvalue weighted by Crippen LogP contribution is -2.49. The molecule has 1 saturated heterocycles. The zero-order valence-electron chi connectivity index (χ0n) is 41.4. The highest BCUT2D eigenvalue weighted by Gasteiger charge is 2.18. The Kier molecular flexibility index (Phi) is 38.3. The van der Waals surface area contributed by atoms with E-state index in [-0.39, 0.29) is 24.3 Å². The minimum atomic E-state index is -0.233. The molecular formula is C51H96N4O8. The van der Waals surface area contributed by atoms with Crippen molar-refractivity contribution in [3.05, 3.63) is 24.5 Å². The number of nitrogens with zero attached hydrogens (tertiary/aromatic N) is 4. The van der Waals surface area contributed by atoms with Crippen LogP contribution in [0.2, 0.25) is 0 Å². The average Bonchev–Trinajstić information content (AvgIpc) is 3.28. The van der Waals surface area contributed by atoms with E-state index in [1.807, 2.05) is 6.92 Å². The number of carbonyl (C=O) groups is 3. The van der Waals surface area contributed by atoms with Crippen molar-refractivity contribution >= 4 is 18.2 Å². The smallest absolute Gasteiger partial charge is 0.308 e. The van der Waals surface area contributed by atoms with Crippen molar-refractivity contribution in [2.45, 2.75) is 150 Å². The number of allylic oxidation sites excluding steroid dienone is 1. The molecule has 1 aliphatic rings. The third kappa shape index (κ3) is 33.7. The lowest BCUT2D eigenvalue weighted by molar-refractivity contribution is -0.149. The van der Waals surface area contributed by atoms with Crippen LogP contribution in [0.25, 0.3) is 0 Å². The Balaban J connectivity index is 2.51. The third-order valence-corrected chi connectivity index (χ3v) is 12.2. The first-order chi connectivity index (χ1) is 30.6. The van der Waals surface area contributed by atoms with E-state index < -0.39 is 0 Å². The molecule has 1 fully saturated rings. The Labute approximate surface area is 386 Å². The predicted molar refractivity (Wildman–Crippen MR) is 258 cm³/mol. The predicted octanol–water partition coefficient (Wildman–Crippen LogP) is 8.97. The first-order valence-corrected chi connectivity index (χ1v) is 25.4. The number of aldehydes is 1. The van der Waals surface area contributed by atoms with Gasteiger partial charge >= 0.3 is 11.9 Å². The van der Waals surface area contributed by atoms with Gasteiger partial charge in [-0.2, -0.15) is 0 Å². The Morgan fingerprint density at radius 2 is 1.13 bits per heavy atom. The van der Waals surface area contributed by atoms with E-state index in [2.05, 4.69) is 60.5 Å². The van der Waals surface area contributed by atoms with Crippen molar-refractivity contribution in [3.8, 4) is 0 Å². The zero-order valence-corrected chi connectivity index (χ0v) is 41.4. The first kappa shape index (κ1) is 58.7. The molecule has 12 heteroatoms. The minimum absolute atomic E-state index is 0.0761. The number of carbonyl (C=O) groups excluding carboxylic acids is 3. The van der Waals surface area contributed by atoms with Gasteiger partial charge in [-0.1, -0.05) is 91.9 Å². The topological polar surface area (TPSA) is 110 Å². The van der Waals surface area contributed by atoms with Crippen LogP contribution < -0.4 is 0 Å². The fourth-order valence-corrected chi connectivity index (χ4v) is 7.55. The molecule has 0 aromatic heterocycles. The van der Waals surface area contributed by atoms with Gasteiger partial charge in [0, 0.05) is 98.0 Å². The van der Waals surface area contributed by atoms with Gasteiger partial charge in [-0.15, -0.1) is 0 Å². The number of esters is 2. The van der Waals surface area contributed by atoms with Crippen LogP contribution >= 0.6 is 0 Å². The van der Waals surface area contributed by atoms with Crippen LogP contribution in [0.3, 0.4) is 0 Å². The van der Waals surface area contributed by atoms with Gasteiger partial charge in [-0.05, 0) is 63.7 Å². The molecule has 0 aromatic carbocycles. The highest BCUT2D eigenvalue weighted by atomic mass is 16.5. The number of ether oxygens (including phenoxy) is 5. The molecule has 0 spiro atoms. The van der Waals surface area contributed by atoms with E-state index in [0.29, 0.717) is 84.3 Å². The number of hydrogen-bond donors (Lipinski definition) is 0. The molecule has 2 unspecified atom stereocenters. The van der Waals surface area contributed by atoms with E-state index in [0.717, 1.165) is 142 Å². The van der Waals surface area contributed by atoms with Crippen molar-refractivity contribution in [2.75, 3.05) is 125 Å². The van der Waals surface area contributed by atoms with Crippen LogP contribution in [-0.4, -0.2) is 163 Å². The van der Waals surface area contributed by atoms with Gasteiger partial charge in [-0.3, -0.25) is 24.3 Å². The zero-order chi connectivity index (χ0) is 46.2. The van der Waals surface area contributed by atoms with Gasteiger partial charge in [0.05, 0.1) is 57.7 Å². The maximum absolute atomic E-state index is 12.7. The molecule has 0 amide bonds. The number of hydrogen-bond acceptors (Lipinski definition) is 12. The summed E-state index contributed by atoms with van der Waals surface area (Å²) in [6, 6.07) is 0. The largest absolute Gasteiger partial charge is 0.499 e. The van der Waals surface area contributed by atoms with Crippen LogP contribution in [0.5, 0.6) is 0 Å². The molecule has 63 heavy (non-hydrogen) atoms. The van der Waals surface area contributed by atoms with E-state index in [9.17, 15) is 14.4 Å². The van der Waals surface area contributed by atoms with Crippen molar-refractivity contribution in [2.24, 2.45) is 11.8 Å². The second kappa shape index (κ2) is 41.1. The molecular weight excluding hydrogens is 797 g/mol. The summed E-state index contributed by atoms with van der Waals surface area (Å²) in [6.07, 6.45) is 18.5. The van der Waals surface area contributed by atoms with Gasteiger partial charge in [0.25, 0.3) is 0 Å². The van der Waals surface area contributed by atoms with Crippen LogP contribution in [0.15, 0.2) is 24.5 Å². The second-order valence-corrected chi connectivity index (χ2v) is 17.8. The van der Waals surface area contributed by atoms with Gasteiger partial charge in [0.15, 0.2) is 0 Å². The molecule has 12 nitrogen and oxygen atoms in total. The summed E-state index contributed by atoms with van der Waals surface area (Å²) >= 11 is 0. The Morgan fingerprint density at radius 1 is 0.556 bits per heavy atom. The molecule has 1 aliphatic heterocycles. The van der Waals surface area contributed by atoms with Crippen LogP contribution in [-0.2, 0) is 38.1 Å². The number of piperazine rings is 1. The maximum atomic E-state index is 12.7. The summed E-state index contributed by atoms with van der Waals surface area (Å²) in [5.41, 5.74) is 1.38. The highest BCUT2D eigenvalue weighted by molar-refractivity contribution is 5.71. The van der Waals surface area contributed by atoms with E-state index in [1.165, 1.54) is 31.3 Å². The molecule has 0 aliphatic carbocycles. The molecule has 0 aromatic rings. The molecule has 0 radical (unpaired) electrons. The van der Waals surface area contributed by atoms with Crippen LogP contribution in [0.1, 0.15) is 150 Å². The SMILES string of the molecule is C=C(CCN(CCOCCN(CCC=O)CCN1CCN(CCOCCC)CC1)CCC(=O)OCCCCOC(=O)C(C)CCCCC)OCCCCCC(=C)C(C)CCCCC. The van der Waals surface area contributed by atoms with Crippen molar-refractivity contribution in [1.82, 2.24) is 19.6 Å². The molecule has 2 atom stereocenters. The monoisotopic (exact) mass is 893 g/mol. The van der Waals surface area contributed by atoms with Gasteiger partial charge in [-0.25, -0.2) is 0 Å². The number of unbranched alkanes of at least 4 members (excludes halogenated alkanes) is 7. The summed E-state index contributed by atoms with van der Waals surface area (Å²) in [4.78, 5) is 45.8. The molecule has 0 bridgehead atoms. The van der Waals surface area contributed by atoms with E-state index >= 15 is 0 Å². The second-order valence-electron chi connectivity index (χ2n) is 17.8. The van der Waals surface area contributed by atoms with Gasteiger partial charge in [0.1, 0.15) is 6.29 Å². The van der Waals surface area contributed by atoms with E-state index in [1.54, 1.807) is 0 Å². The first-order valence-electron chi connectivity index (χ1n) is 25.4. The summed E-state index contributed by atoms with van der Waals surface area (Å²) in [6.45, 7) is 34.0. The summed E-state index contributed by atoms with van der Waals surface area (Å²) in [5, 5.41) is 0. The maximum Gasteiger partial charge on any atom is 0.308 e. The lowest BCUT2D eigenvalue weighted by Gasteiger charge is -2.35. The normalized spacial score (nSPS) is 14.5. The van der Waals surface area contributed by atoms with Gasteiger partial charge < -0.3 is 33.4 Å².